The van der Waals surface area contributed by atoms with Gasteiger partial charge in [0.05, 0.1) is 22.8 Å². The third-order valence-corrected chi connectivity index (χ3v) is 6.15. The second-order valence-electron chi connectivity index (χ2n) is 8.93. The first kappa shape index (κ1) is 24.3. The zero-order valence-corrected chi connectivity index (χ0v) is 21.5. The predicted molar refractivity (Wildman–Crippen MR) is 155 cm³/mol. The van der Waals surface area contributed by atoms with Crippen LogP contribution in [0.1, 0.15) is 45.0 Å². The number of aromatic nitrogens is 4. The van der Waals surface area contributed by atoms with Crippen molar-refractivity contribution in [1.29, 1.82) is 0 Å². The quantitative estimate of drug-likeness (QED) is 0.235. The summed E-state index contributed by atoms with van der Waals surface area (Å²) in [5.74, 6) is 0. The summed E-state index contributed by atoms with van der Waals surface area (Å²) in [6, 6.07) is 20.9. The standard InChI is InChI=1S/C20H14N4.C10H14.H2S/c1-2-14-10-16-5-6-18(23-16)12-20-8-7-19(24-20)11-17-4-3-15(22-17)9-13(1)21-14;1-7-5-9(3)10(4)6-8(7)2;/h1-12,21-22H;5-6H,1-4H3;1H2. The molecule has 3 aromatic heterocycles. The maximum atomic E-state index is 4.62. The molecule has 0 unspecified atom stereocenters. The van der Waals surface area contributed by atoms with Gasteiger partial charge >= 0.3 is 0 Å². The Morgan fingerprint density at radius 3 is 1.11 bits per heavy atom. The molecule has 2 aliphatic heterocycles. The summed E-state index contributed by atoms with van der Waals surface area (Å²) in [7, 11) is 0. The third-order valence-electron chi connectivity index (χ3n) is 6.15. The molecule has 6 rings (SSSR count). The molecule has 0 atom stereocenters. The van der Waals surface area contributed by atoms with Crippen molar-refractivity contribution >= 4 is 59.9 Å². The van der Waals surface area contributed by atoms with Crippen molar-refractivity contribution in [3.8, 4) is 0 Å². The zero-order valence-electron chi connectivity index (χ0n) is 20.5. The Morgan fingerprint density at radius 2 is 0.743 bits per heavy atom. The smallest absolute Gasteiger partial charge is 0.0659 e. The van der Waals surface area contributed by atoms with E-state index in [1.165, 1.54) is 22.3 Å². The molecule has 35 heavy (non-hydrogen) atoms. The van der Waals surface area contributed by atoms with E-state index in [1.807, 2.05) is 42.5 Å². The summed E-state index contributed by atoms with van der Waals surface area (Å²) in [6.07, 6.45) is 8.05. The van der Waals surface area contributed by atoms with Crippen molar-refractivity contribution in [2.45, 2.75) is 27.7 Å². The van der Waals surface area contributed by atoms with Gasteiger partial charge in [-0.05, 0) is 123 Å². The molecule has 0 fully saturated rings. The van der Waals surface area contributed by atoms with Gasteiger partial charge < -0.3 is 9.97 Å². The van der Waals surface area contributed by atoms with Crippen LogP contribution < -0.4 is 0 Å². The summed E-state index contributed by atoms with van der Waals surface area (Å²) >= 11 is 0. The molecule has 1 aromatic carbocycles. The molecular formula is C30H30N4S. The van der Waals surface area contributed by atoms with Gasteiger partial charge in [-0.3, -0.25) is 0 Å². The molecule has 4 nitrogen and oxygen atoms in total. The molecule has 2 N–H and O–H groups in total. The molecule has 0 radical (unpaired) electrons. The number of aryl methyl sites for hydroxylation is 4. The lowest BCUT2D eigenvalue weighted by molar-refractivity contribution is 1.24. The minimum Gasteiger partial charge on any atom is -0.355 e. The van der Waals surface area contributed by atoms with E-state index in [4.69, 9.17) is 0 Å². The number of fused-ring (bicyclic) bond motifs is 8. The Balaban J connectivity index is 0.000000224. The van der Waals surface area contributed by atoms with Gasteiger partial charge in [-0.1, -0.05) is 12.1 Å². The number of benzene rings is 1. The van der Waals surface area contributed by atoms with Crippen molar-refractivity contribution in [3.63, 3.8) is 0 Å². The molecular weight excluding hydrogens is 448 g/mol. The molecule has 5 heteroatoms. The van der Waals surface area contributed by atoms with Gasteiger partial charge in [0, 0.05) is 22.1 Å². The fourth-order valence-electron chi connectivity index (χ4n) is 4.05. The van der Waals surface area contributed by atoms with Crippen LogP contribution in [0.3, 0.4) is 0 Å². The lowest BCUT2D eigenvalue weighted by Gasteiger charge is -2.04. The molecule has 8 bridgehead atoms. The minimum atomic E-state index is 0. The largest absolute Gasteiger partial charge is 0.355 e. The Hall–Kier alpha value is -3.83. The van der Waals surface area contributed by atoms with Crippen LogP contribution in [0.4, 0.5) is 0 Å². The summed E-state index contributed by atoms with van der Waals surface area (Å²) in [6.45, 7) is 8.62. The van der Waals surface area contributed by atoms with Gasteiger partial charge in [-0.15, -0.1) is 0 Å². The van der Waals surface area contributed by atoms with Crippen molar-refractivity contribution in [3.05, 3.63) is 106 Å². The average Bonchev–Trinajstić information content (AvgIpc) is 3.59. The van der Waals surface area contributed by atoms with E-state index >= 15 is 0 Å². The van der Waals surface area contributed by atoms with E-state index in [9.17, 15) is 0 Å². The van der Waals surface area contributed by atoms with Crippen LogP contribution in [0.15, 0.2) is 60.7 Å². The highest BCUT2D eigenvalue weighted by Crippen LogP contribution is 2.17. The maximum absolute atomic E-state index is 4.62. The molecule has 0 saturated carbocycles. The highest BCUT2D eigenvalue weighted by molar-refractivity contribution is 7.59. The van der Waals surface area contributed by atoms with Crippen LogP contribution in [-0.2, 0) is 0 Å². The second kappa shape index (κ2) is 10.2. The lowest BCUT2D eigenvalue weighted by atomic mass is 10.0. The molecule has 0 aliphatic carbocycles. The molecule has 0 spiro atoms. The zero-order chi connectivity index (χ0) is 23.7. The molecule has 4 aromatic rings. The van der Waals surface area contributed by atoms with Gasteiger partial charge in [0.1, 0.15) is 0 Å². The third kappa shape index (κ3) is 5.81. The van der Waals surface area contributed by atoms with Gasteiger partial charge in [0.25, 0.3) is 0 Å². The maximum Gasteiger partial charge on any atom is 0.0659 e. The van der Waals surface area contributed by atoms with Gasteiger partial charge in [0.15, 0.2) is 0 Å². The second-order valence-corrected chi connectivity index (χ2v) is 8.93. The minimum absolute atomic E-state index is 0. The first-order valence-electron chi connectivity index (χ1n) is 11.5. The topological polar surface area (TPSA) is 57.4 Å². The van der Waals surface area contributed by atoms with E-state index in [-0.39, 0.29) is 13.5 Å². The first-order chi connectivity index (χ1) is 16.4. The Morgan fingerprint density at radius 1 is 0.429 bits per heavy atom. The predicted octanol–water partition coefficient (Wildman–Crippen LogP) is 7.69. The summed E-state index contributed by atoms with van der Waals surface area (Å²) in [4.78, 5) is 16.0. The van der Waals surface area contributed by atoms with Crippen LogP contribution in [0.25, 0.3) is 46.4 Å². The van der Waals surface area contributed by atoms with Crippen molar-refractivity contribution < 1.29 is 0 Å². The summed E-state index contributed by atoms with van der Waals surface area (Å²) in [5, 5.41) is 0. The van der Waals surface area contributed by atoms with Gasteiger partial charge in [-0.25, -0.2) is 9.97 Å². The van der Waals surface area contributed by atoms with E-state index in [0.29, 0.717) is 0 Å². The normalized spacial score (nSPS) is 11.5. The number of rotatable bonds is 0. The molecule has 0 saturated heterocycles. The van der Waals surface area contributed by atoms with E-state index in [2.05, 4.69) is 90.1 Å². The number of hydrogen-bond acceptors (Lipinski definition) is 2. The number of nitrogens with zero attached hydrogens (tertiary/aromatic N) is 2. The fraction of sp³-hybridized carbons (Fsp3) is 0.133. The van der Waals surface area contributed by atoms with Crippen LogP contribution in [0.2, 0.25) is 0 Å². The van der Waals surface area contributed by atoms with Crippen LogP contribution in [-0.4, -0.2) is 19.9 Å². The van der Waals surface area contributed by atoms with Crippen LogP contribution in [0, 0.1) is 27.7 Å². The van der Waals surface area contributed by atoms with E-state index < -0.39 is 0 Å². The fourth-order valence-corrected chi connectivity index (χ4v) is 4.05. The number of H-pyrrole nitrogens is 2. The Kier molecular flexibility index (Phi) is 7.08. The summed E-state index contributed by atoms with van der Waals surface area (Å²) < 4.78 is 0. The highest BCUT2D eigenvalue weighted by atomic mass is 32.1. The Bertz CT molecular complexity index is 1460. The lowest BCUT2D eigenvalue weighted by Crippen LogP contribution is -1.86. The highest BCUT2D eigenvalue weighted by Gasteiger charge is 2.02. The molecule has 176 valence electrons. The van der Waals surface area contributed by atoms with Gasteiger partial charge in [-0.2, -0.15) is 13.5 Å². The van der Waals surface area contributed by atoms with Crippen molar-refractivity contribution in [1.82, 2.24) is 19.9 Å². The molecule has 0 amide bonds. The number of nitrogens with one attached hydrogen (secondary N) is 2. The molecule has 2 aliphatic rings. The van der Waals surface area contributed by atoms with E-state index in [1.54, 1.807) is 0 Å². The van der Waals surface area contributed by atoms with Crippen molar-refractivity contribution in [2.75, 3.05) is 0 Å². The van der Waals surface area contributed by atoms with Crippen molar-refractivity contribution in [2.24, 2.45) is 0 Å². The monoisotopic (exact) mass is 478 g/mol. The number of hydrogen-bond donors (Lipinski definition) is 2. The first-order valence-corrected chi connectivity index (χ1v) is 11.5. The summed E-state index contributed by atoms with van der Waals surface area (Å²) in [5.41, 5.74) is 13.4. The molecule has 5 heterocycles. The van der Waals surface area contributed by atoms with E-state index in [0.717, 1.165) is 44.8 Å². The average molecular weight is 479 g/mol. The van der Waals surface area contributed by atoms with Crippen LogP contribution >= 0.6 is 13.5 Å². The Labute approximate surface area is 213 Å². The van der Waals surface area contributed by atoms with Gasteiger partial charge in [0.2, 0.25) is 0 Å². The number of aromatic amines is 2. The van der Waals surface area contributed by atoms with Crippen LogP contribution in [0.5, 0.6) is 0 Å². The SMILES string of the molecule is C1=Cc2cc3ccc(cc4ccc(cc5nc(cc1n2)C=C5)[nH]4)[nH]3.Cc1cc(C)c(C)cc1C.S.